The lowest BCUT2D eigenvalue weighted by molar-refractivity contribution is 0.0521. The van der Waals surface area contributed by atoms with Crippen LogP contribution in [0.25, 0.3) is 0 Å². The Hall–Kier alpha value is -1.52. The van der Waals surface area contributed by atoms with E-state index in [1.807, 2.05) is 32.3 Å². The van der Waals surface area contributed by atoms with E-state index in [9.17, 15) is 4.79 Å². The van der Waals surface area contributed by atoms with Crippen LogP contribution in [-0.4, -0.2) is 22.1 Å². The van der Waals surface area contributed by atoms with E-state index in [4.69, 9.17) is 10.5 Å². The Kier molecular flexibility index (Phi) is 3.80. The third-order valence-electron chi connectivity index (χ3n) is 2.44. The second kappa shape index (κ2) is 4.77. The van der Waals surface area contributed by atoms with Gasteiger partial charge in [0.2, 0.25) is 0 Å². The van der Waals surface area contributed by atoms with E-state index >= 15 is 0 Å². The number of carbonyl (C=O) groups is 1. The molecule has 0 aliphatic carbocycles. The molecule has 0 fully saturated rings. The summed E-state index contributed by atoms with van der Waals surface area (Å²) in [5.74, 6) is 0.730. The van der Waals surface area contributed by atoms with E-state index < -0.39 is 5.97 Å². The van der Waals surface area contributed by atoms with E-state index in [0.717, 1.165) is 12.2 Å². The van der Waals surface area contributed by atoms with Gasteiger partial charge in [0.05, 0.1) is 6.61 Å². The molecule has 17 heavy (non-hydrogen) atoms. The summed E-state index contributed by atoms with van der Waals surface area (Å²) in [4.78, 5) is 16.0. The molecule has 1 aromatic rings. The van der Waals surface area contributed by atoms with Crippen molar-refractivity contribution < 1.29 is 9.53 Å². The highest BCUT2D eigenvalue weighted by molar-refractivity contribution is 5.92. The Labute approximate surface area is 102 Å². The van der Waals surface area contributed by atoms with Crippen LogP contribution >= 0.6 is 0 Å². The molecule has 0 atom stereocenters. The molecule has 0 saturated carbocycles. The maximum Gasteiger partial charge on any atom is 0.360 e. The number of ether oxygens (including phenoxy) is 1. The monoisotopic (exact) mass is 239 g/mol. The van der Waals surface area contributed by atoms with Crippen molar-refractivity contribution in [3.05, 3.63) is 11.5 Å². The summed E-state index contributed by atoms with van der Waals surface area (Å²) in [6.45, 7) is 10.1. The normalized spacial score (nSPS) is 11.6. The SMILES string of the molecule is CCOC(=O)c1nc(CC)n(C(C)(C)C)c1N. The lowest BCUT2D eigenvalue weighted by atomic mass is 10.1. The first-order valence-corrected chi connectivity index (χ1v) is 5.87. The summed E-state index contributed by atoms with van der Waals surface area (Å²) in [5.41, 5.74) is 6.02. The number of carbonyl (C=O) groups excluding carboxylic acids is 1. The molecule has 0 bridgehead atoms. The van der Waals surface area contributed by atoms with Crippen molar-refractivity contribution in [3.63, 3.8) is 0 Å². The van der Waals surface area contributed by atoms with Crippen LogP contribution in [0.2, 0.25) is 0 Å². The van der Waals surface area contributed by atoms with Crippen LogP contribution in [0, 0.1) is 0 Å². The van der Waals surface area contributed by atoms with Gasteiger partial charge in [-0.25, -0.2) is 9.78 Å². The molecule has 0 spiro atoms. The smallest absolute Gasteiger partial charge is 0.360 e. The van der Waals surface area contributed by atoms with Crippen molar-refractivity contribution in [2.75, 3.05) is 12.3 Å². The number of anilines is 1. The van der Waals surface area contributed by atoms with Gasteiger partial charge in [0.1, 0.15) is 11.6 Å². The minimum atomic E-state index is -0.456. The van der Waals surface area contributed by atoms with Crippen LogP contribution in [0.3, 0.4) is 0 Å². The predicted octanol–water partition coefficient (Wildman–Crippen LogP) is 1.96. The summed E-state index contributed by atoms with van der Waals surface area (Å²) in [7, 11) is 0. The fourth-order valence-corrected chi connectivity index (χ4v) is 1.82. The topological polar surface area (TPSA) is 70.1 Å². The van der Waals surface area contributed by atoms with Crippen LogP contribution in [0.15, 0.2) is 0 Å². The maximum absolute atomic E-state index is 11.7. The van der Waals surface area contributed by atoms with Gasteiger partial charge in [-0.1, -0.05) is 6.92 Å². The number of aryl methyl sites for hydroxylation is 1. The molecule has 1 heterocycles. The Morgan fingerprint density at radius 1 is 1.41 bits per heavy atom. The molecule has 0 amide bonds. The molecular weight excluding hydrogens is 218 g/mol. The Balaban J connectivity index is 3.29. The van der Waals surface area contributed by atoms with Crippen molar-refractivity contribution in [1.82, 2.24) is 9.55 Å². The number of nitrogens with zero attached hydrogens (tertiary/aromatic N) is 2. The van der Waals surface area contributed by atoms with E-state index in [2.05, 4.69) is 4.98 Å². The van der Waals surface area contributed by atoms with Gasteiger partial charge in [-0.15, -0.1) is 0 Å². The van der Waals surface area contributed by atoms with Crippen LogP contribution in [0.5, 0.6) is 0 Å². The molecule has 96 valence electrons. The highest BCUT2D eigenvalue weighted by Gasteiger charge is 2.26. The predicted molar refractivity (Wildman–Crippen MR) is 67.0 cm³/mol. The molecule has 0 aromatic carbocycles. The van der Waals surface area contributed by atoms with Crippen molar-refractivity contribution in [3.8, 4) is 0 Å². The van der Waals surface area contributed by atoms with Gasteiger partial charge in [-0.3, -0.25) is 0 Å². The van der Waals surface area contributed by atoms with E-state index in [1.54, 1.807) is 6.92 Å². The molecule has 0 aliphatic heterocycles. The molecular formula is C12H21N3O2. The minimum Gasteiger partial charge on any atom is -0.461 e. The molecule has 1 aromatic heterocycles. The van der Waals surface area contributed by atoms with E-state index in [0.29, 0.717) is 12.4 Å². The molecule has 1 rings (SSSR count). The summed E-state index contributed by atoms with van der Waals surface area (Å²) in [6.07, 6.45) is 0.723. The zero-order valence-corrected chi connectivity index (χ0v) is 11.2. The fourth-order valence-electron chi connectivity index (χ4n) is 1.82. The number of hydrogen-bond acceptors (Lipinski definition) is 4. The average Bonchev–Trinajstić information content (AvgIpc) is 2.55. The molecule has 2 N–H and O–H groups in total. The molecule has 5 heteroatoms. The minimum absolute atomic E-state index is 0.201. The van der Waals surface area contributed by atoms with Gasteiger partial charge in [-0.05, 0) is 27.7 Å². The molecule has 0 radical (unpaired) electrons. The number of nitrogen functional groups attached to an aromatic ring is 1. The van der Waals surface area contributed by atoms with Crippen molar-refractivity contribution in [2.24, 2.45) is 0 Å². The third-order valence-corrected chi connectivity index (χ3v) is 2.44. The lowest BCUT2D eigenvalue weighted by Gasteiger charge is -2.24. The fraction of sp³-hybridized carbons (Fsp3) is 0.667. The van der Waals surface area contributed by atoms with Gasteiger partial charge >= 0.3 is 5.97 Å². The first-order chi connectivity index (χ1) is 7.82. The Bertz CT molecular complexity index is 416. The molecule has 0 aliphatic rings. The summed E-state index contributed by atoms with van der Waals surface area (Å²) in [6, 6.07) is 0. The summed E-state index contributed by atoms with van der Waals surface area (Å²) in [5, 5.41) is 0. The first kappa shape index (κ1) is 13.5. The number of aromatic nitrogens is 2. The van der Waals surface area contributed by atoms with Crippen molar-refractivity contribution >= 4 is 11.8 Å². The number of nitrogens with two attached hydrogens (primary N) is 1. The van der Waals surface area contributed by atoms with Crippen LogP contribution in [-0.2, 0) is 16.7 Å². The van der Waals surface area contributed by atoms with Gasteiger partial charge in [0, 0.05) is 12.0 Å². The van der Waals surface area contributed by atoms with E-state index in [1.165, 1.54) is 0 Å². The molecule has 5 nitrogen and oxygen atoms in total. The van der Waals surface area contributed by atoms with Crippen LogP contribution in [0.4, 0.5) is 5.82 Å². The van der Waals surface area contributed by atoms with Crippen molar-refractivity contribution in [2.45, 2.75) is 46.6 Å². The highest BCUT2D eigenvalue weighted by atomic mass is 16.5. The zero-order chi connectivity index (χ0) is 13.2. The summed E-state index contributed by atoms with van der Waals surface area (Å²) < 4.78 is 6.83. The van der Waals surface area contributed by atoms with Crippen LogP contribution in [0.1, 0.15) is 50.9 Å². The van der Waals surface area contributed by atoms with Gasteiger partial charge in [-0.2, -0.15) is 0 Å². The third kappa shape index (κ3) is 2.60. The van der Waals surface area contributed by atoms with Gasteiger partial charge < -0.3 is 15.0 Å². The van der Waals surface area contributed by atoms with Gasteiger partial charge in [0.15, 0.2) is 5.69 Å². The number of esters is 1. The van der Waals surface area contributed by atoms with Gasteiger partial charge in [0.25, 0.3) is 0 Å². The largest absolute Gasteiger partial charge is 0.461 e. The average molecular weight is 239 g/mol. The number of hydrogen-bond donors (Lipinski definition) is 1. The molecule has 0 unspecified atom stereocenters. The van der Waals surface area contributed by atoms with E-state index in [-0.39, 0.29) is 11.2 Å². The highest BCUT2D eigenvalue weighted by Crippen LogP contribution is 2.25. The quantitative estimate of drug-likeness (QED) is 0.818. The first-order valence-electron chi connectivity index (χ1n) is 5.87. The second-order valence-corrected chi connectivity index (χ2v) is 4.84. The number of rotatable bonds is 3. The Morgan fingerprint density at radius 2 is 2.00 bits per heavy atom. The van der Waals surface area contributed by atoms with Crippen LogP contribution < -0.4 is 5.73 Å². The zero-order valence-electron chi connectivity index (χ0n) is 11.2. The second-order valence-electron chi connectivity index (χ2n) is 4.84. The lowest BCUT2D eigenvalue weighted by Crippen LogP contribution is -2.25. The van der Waals surface area contributed by atoms with Crippen molar-refractivity contribution in [1.29, 1.82) is 0 Å². The molecule has 0 saturated heterocycles. The Morgan fingerprint density at radius 3 is 2.35 bits per heavy atom. The standard InChI is InChI=1S/C12H21N3O2/c1-6-8-14-9(11(16)17-7-2)10(13)15(8)12(3,4)5/h6-7,13H2,1-5H3. The number of imidazole rings is 1. The maximum atomic E-state index is 11.7. The summed E-state index contributed by atoms with van der Waals surface area (Å²) >= 11 is 0.